The van der Waals surface area contributed by atoms with Gasteiger partial charge in [0.25, 0.3) is 0 Å². The van der Waals surface area contributed by atoms with Crippen molar-refractivity contribution >= 4 is 17.8 Å². The van der Waals surface area contributed by atoms with Crippen LogP contribution in [0.15, 0.2) is 79.1 Å². The van der Waals surface area contributed by atoms with Gasteiger partial charge in [-0.25, -0.2) is 4.79 Å². The molecule has 0 aliphatic carbocycles. The zero-order chi connectivity index (χ0) is 20.5. The topological polar surface area (TPSA) is 74.7 Å². The standard InChI is InChI=1S/C23H19NO5/c1-27-21-13-17(14-24-15-21)7-12-23(26)28-16-22(25)18-8-10-20(11-9-18)29-19-5-3-2-4-6-19/h2-15H,16H2,1H3/b12-7+. The fourth-order valence-electron chi connectivity index (χ4n) is 2.40. The molecule has 0 aliphatic heterocycles. The van der Waals surface area contributed by atoms with E-state index >= 15 is 0 Å². The average molecular weight is 389 g/mol. The first-order valence-corrected chi connectivity index (χ1v) is 8.84. The molecule has 29 heavy (non-hydrogen) atoms. The maximum Gasteiger partial charge on any atom is 0.331 e. The monoisotopic (exact) mass is 389 g/mol. The van der Waals surface area contributed by atoms with Crippen LogP contribution >= 0.6 is 0 Å². The summed E-state index contributed by atoms with van der Waals surface area (Å²) in [5.74, 6) is 0.972. The summed E-state index contributed by atoms with van der Waals surface area (Å²) in [6, 6.07) is 17.7. The second kappa shape index (κ2) is 9.85. The molecule has 146 valence electrons. The molecule has 1 aromatic heterocycles. The predicted octanol–water partition coefficient (Wildman–Crippen LogP) is 4.32. The Hall–Kier alpha value is -3.93. The number of ether oxygens (including phenoxy) is 3. The quantitative estimate of drug-likeness (QED) is 0.324. The van der Waals surface area contributed by atoms with Gasteiger partial charge in [0.05, 0.1) is 13.3 Å². The molecule has 0 fully saturated rings. The summed E-state index contributed by atoms with van der Waals surface area (Å²) in [4.78, 5) is 28.0. The highest BCUT2D eigenvalue weighted by Gasteiger charge is 2.09. The van der Waals surface area contributed by atoms with Crippen molar-refractivity contribution in [2.75, 3.05) is 13.7 Å². The molecule has 6 heteroatoms. The number of nitrogens with zero attached hydrogens (tertiary/aromatic N) is 1. The molecule has 0 atom stereocenters. The lowest BCUT2D eigenvalue weighted by molar-refractivity contribution is -0.136. The van der Waals surface area contributed by atoms with Crippen molar-refractivity contribution in [1.82, 2.24) is 4.98 Å². The Bertz CT molecular complexity index is 997. The number of hydrogen-bond donors (Lipinski definition) is 0. The number of benzene rings is 2. The number of carbonyl (C=O) groups excluding carboxylic acids is 2. The van der Waals surface area contributed by atoms with Crippen molar-refractivity contribution in [2.24, 2.45) is 0 Å². The SMILES string of the molecule is COc1cncc(/C=C/C(=O)OCC(=O)c2ccc(Oc3ccccc3)cc2)c1. The molecule has 0 N–H and O–H groups in total. The molecule has 0 unspecified atom stereocenters. The Morgan fingerprint density at radius 3 is 2.38 bits per heavy atom. The largest absolute Gasteiger partial charge is 0.495 e. The third-order valence-electron chi connectivity index (χ3n) is 3.88. The van der Waals surface area contributed by atoms with Crippen LogP contribution in [0.2, 0.25) is 0 Å². The van der Waals surface area contributed by atoms with E-state index in [-0.39, 0.29) is 12.4 Å². The van der Waals surface area contributed by atoms with Gasteiger partial charge in [-0.3, -0.25) is 9.78 Å². The first-order valence-electron chi connectivity index (χ1n) is 8.84. The smallest absolute Gasteiger partial charge is 0.331 e. The molecular formula is C23H19NO5. The number of pyridine rings is 1. The van der Waals surface area contributed by atoms with Crippen LogP contribution in [-0.4, -0.2) is 30.5 Å². The van der Waals surface area contributed by atoms with Gasteiger partial charge in [-0.05, 0) is 54.1 Å². The summed E-state index contributed by atoms with van der Waals surface area (Å²) in [5.41, 5.74) is 1.11. The number of ketones is 1. The van der Waals surface area contributed by atoms with Gasteiger partial charge >= 0.3 is 5.97 Å². The molecule has 3 rings (SSSR count). The van der Waals surface area contributed by atoms with Crippen LogP contribution in [-0.2, 0) is 9.53 Å². The molecule has 6 nitrogen and oxygen atoms in total. The molecule has 1 heterocycles. The number of para-hydroxylation sites is 1. The van der Waals surface area contributed by atoms with Crippen LogP contribution in [0.4, 0.5) is 0 Å². The van der Waals surface area contributed by atoms with E-state index in [0.717, 1.165) is 0 Å². The summed E-state index contributed by atoms with van der Waals surface area (Å²) in [6.45, 7) is -0.349. The van der Waals surface area contributed by atoms with Crippen molar-refractivity contribution in [3.05, 3.63) is 90.3 Å². The highest BCUT2D eigenvalue weighted by molar-refractivity contribution is 5.99. The second-order valence-corrected chi connectivity index (χ2v) is 5.96. The van der Waals surface area contributed by atoms with Crippen LogP contribution in [0.25, 0.3) is 6.08 Å². The highest BCUT2D eigenvalue weighted by Crippen LogP contribution is 2.21. The minimum absolute atomic E-state index is 0.305. The molecule has 0 radical (unpaired) electrons. The first-order chi connectivity index (χ1) is 14.1. The highest BCUT2D eigenvalue weighted by atomic mass is 16.5. The number of methoxy groups -OCH3 is 1. The summed E-state index contributed by atoms with van der Waals surface area (Å²) >= 11 is 0. The Labute approximate surface area is 168 Å². The van der Waals surface area contributed by atoms with Crippen LogP contribution in [0.1, 0.15) is 15.9 Å². The van der Waals surface area contributed by atoms with Crippen LogP contribution in [0.3, 0.4) is 0 Å². The Balaban J connectivity index is 1.50. The van der Waals surface area contributed by atoms with Crippen LogP contribution in [0.5, 0.6) is 17.2 Å². The molecule has 0 spiro atoms. The zero-order valence-electron chi connectivity index (χ0n) is 15.8. The van der Waals surface area contributed by atoms with Crippen LogP contribution in [0, 0.1) is 0 Å². The summed E-state index contributed by atoms with van der Waals surface area (Å²) in [6.07, 6.45) is 5.92. The first kappa shape index (κ1) is 19.8. The van der Waals surface area contributed by atoms with Gasteiger partial charge in [0.1, 0.15) is 17.2 Å². The van der Waals surface area contributed by atoms with Gasteiger partial charge in [0, 0.05) is 17.8 Å². The zero-order valence-corrected chi connectivity index (χ0v) is 15.8. The van der Waals surface area contributed by atoms with E-state index in [0.29, 0.717) is 28.4 Å². The number of carbonyl (C=O) groups is 2. The van der Waals surface area contributed by atoms with Crippen molar-refractivity contribution in [3.8, 4) is 17.2 Å². The number of rotatable bonds is 8. The second-order valence-electron chi connectivity index (χ2n) is 5.96. The van der Waals surface area contributed by atoms with Gasteiger partial charge in [0.2, 0.25) is 0 Å². The minimum Gasteiger partial charge on any atom is -0.495 e. The lowest BCUT2D eigenvalue weighted by atomic mass is 10.1. The van der Waals surface area contributed by atoms with Gasteiger partial charge < -0.3 is 14.2 Å². The number of esters is 1. The predicted molar refractivity (Wildman–Crippen MR) is 108 cm³/mol. The van der Waals surface area contributed by atoms with Crippen molar-refractivity contribution in [3.63, 3.8) is 0 Å². The van der Waals surface area contributed by atoms with Gasteiger partial charge in [-0.15, -0.1) is 0 Å². The average Bonchev–Trinajstić information content (AvgIpc) is 2.77. The molecular weight excluding hydrogens is 370 g/mol. The Morgan fingerprint density at radius 1 is 0.931 bits per heavy atom. The van der Waals surface area contributed by atoms with Gasteiger partial charge in [-0.2, -0.15) is 0 Å². The van der Waals surface area contributed by atoms with E-state index in [1.807, 2.05) is 30.3 Å². The Morgan fingerprint density at radius 2 is 1.66 bits per heavy atom. The lowest BCUT2D eigenvalue weighted by Gasteiger charge is -2.06. The third-order valence-corrected chi connectivity index (χ3v) is 3.88. The van der Waals surface area contributed by atoms with E-state index in [9.17, 15) is 9.59 Å². The summed E-state index contributed by atoms with van der Waals surface area (Å²) < 4.78 is 15.8. The molecule has 0 bridgehead atoms. The molecule has 2 aromatic carbocycles. The maximum atomic E-state index is 12.2. The van der Waals surface area contributed by atoms with Crippen molar-refractivity contribution in [2.45, 2.75) is 0 Å². The molecule has 0 saturated heterocycles. The summed E-state index contributed by atoms with van der Waals surface area (Å²) in [5, 5.41) is 0. The fourth-order valence-corrected chi connectivity index (χ4v) is 2.40. The van der Waals surface area contributed by atoms with E-state index in [4.69, 9.17) is 14.2 Å². The van der Waals surface area contributed by atoms with Gasteiger partial charge in [-0.1, -0.05) is 18.2 Å². The van der Waals surface area contributed by atoms with Crippen molar-refractivity contribution in [1.29, 1.82) is 0 Å². The normalized spacial score (nSPS) is 10.5. The molecule has 0 saturated carbocycles. The van der Waals surface area contributed by atoms with E-state index in [2.05, 4.69) is 4.98 Å². The third kappa shape index (κ3) is 6.04. The minimum atomic E-state index is -0.620. The molecule has 0 amide bonds. The molecule has 3 aromatic rings. The lowest BCUT2D eigenvalue weighted by Crippen LogP contribution is -2.12. The Kier molecular flexibility index (Phi) is 6.73. The van der Waals surface area contributed by atoms with Crippen molar-refractivity contribution < 1.29 is 23.8 Å². The van der Waals surface area contributed by atoms with E-state index in [1.165, 1.54) is 19.3 Å². The number of Topliss-reactive ketones (excluding diaryl/α,β-unsaturated/α-hetero) is 1. The van der Waals surface area contributed by atoms with E-state index < -0.39 is 5.97 Å². The maximum absolute atomic E-state index is 12.2. The molecule has 0 aliphatic rings. The summed E-state index contributed by atoms with van der Waals surface area (Å²) in [7, 11) is 1.53. The van der Waals surface area contributed by atoms with Gasteiger partial charge in [0.15, 0.2) is 12.4 Å². The fraction of sp³-hybridized carbons (Fsp3) is 0.0870. The van der Waals surface area contributed by atoms with Crippen LogP contribution < -0.4 is 9.47 Å². The van der Waals surface area contributed by atoms with E-state index in [1.54, 1.807) is 42.7 Å². The number of hydrogen-bond acceptors (Lipinski definition) is 6. The number of aromatic nitrogens is 1.